The van der Waals surface area contributed by atoms with Crippen molar-refractivity contribution in [2.45, 2.75) is 44.4 Å². The number of halogens is 3. The molecule has 2 aliphatic rings. The Morgan fingerprint density at radius 3 is 2.27 bits per heavy atom. The summed E-state index contributed by atoms with van der Waals surface area (Å²) in [5.41, 5.74) is -0.543. The zero-order valence-corrected chi connectivity index (χ0v) is 17.8. The minimum absolute atomic E-state index is 0.0513. The summed E-state index contributed by atoms with van der Waals surface area (Å²) in [7, 11) is 0. The minimum Gasteiger partial charge on any atom is -0.447 e. The van der Waals surface area contributed by atoms with Gasteiger partial charge in [-0.25, -0.2) is 0 Å². The van der Waals surface area contributed by atoms with E-state index in [1.165, 1.54) is 12.1 Å². The number of Topliss-reactive ketones (excluding diaryl/α,β-unsaturated/α-hetero) is 1. The Labute approximate surface area is 189 Å². The van der Waals surface area contributed by atoms with E-state index in [2.05, 4.69) is 5.32 Å². The zero-order valence-electron chi connectivity index (χ0n) is 17.8. The van der Waals surface area contributed by atoms with Gasteiger partial charge in [-0.3, -0.25) is 14.4 Å². The number of ether oxygens (including phenoxy) is 1. The summed E-state index contributed by atoms with van der Waals surface area (Å²) in [5.74, 6) is -1.88. The first-order valence-corrected chi connectivity index (χ1v) is 11.0. The highest BCUT2D eigenvalue weighted by Crippen LogP contribution is 2.41. The number of alkyl halides is 3. The Morgan fingerprint density at radius 2 is 1.64 bits per heavy atom. The molecule has 5 nitrogen and oxygen atoms in total. The molecule has 0 heterocycles. The topological polar surface area (TPSA) is 72.5 Å². The molecule has 0 aromatic heterocycles. The molecule has 2 bridgehead atoms. The molecular weight excluding hydrogens is 435 g/mol. The van der Waals surface area contributed by atoms with E-state index in [1.54, 1.807) is 30.3 Å². The van der Waals surface area contributed by atoms with Crippen molar-refractivity contribution in [1.82, 2.24) is 0 Å². The van der Waals surface area contributed by atoms with E-state index in [-0.39, 0.29) is 23.3 Å². The third-order valence-corrected chi connectivity index (χ3v) is 6.41. The molecule has 174 valence electrons. The van der Waals surface area contributed by atoms with Crippen molar-refractivity contribution in [3.8, 4) is 0 Å². The number of amides is 1. The molecule has 3 atom stereocenters. The Bertz CT molecular complexity index is 1020. The number of nitrogens with one attached hydrogen (secondary N) is 1. The van der Waals surface area contributed by atoms with Crippen LogP contribution < -0.4 is 5.32 Å². The number of carbonyl (C=O) groups excluding carboxylic acids is 3. The van der Waals surface area contributed by atoms with Crippen molar-refractivity contribution in [2.75, 3.05) is 5.32 Å². The summed E-state index contributed by atoms with van der Waals surface area (Å²) in [6, 6.07) is 12.6. The van der Waals surface area contributed by atoms with Crippen LogP contribution in [0.4, 0.5) is 18.9 Å². The third-order valence-electron chi connectivity index (χ3n) is 6.41. The van der Waals surface area contributed by atoms with Crippen molar-refractivity contribution in [2.24, 2.45) is 17.8 Å². The van der Waals surface area contributed by atoms with E-state index in [0.717, 1.165) is 31.4 Å². The lowest BCUT2D eigenvalue weighted by Gasteiger charge is -2.36. The fourth-order valence-corrected chi connectivity index (χ4v) is 4.77. The van der Waals surface area contributed by atoms with Gasteiger partial charge in [-0.15, -0.1) is 0 Å². The van der Waals surface area contributed by atoms with Crippen LogP contribution in [-0.4, -0.2) is 17.7 Å². The van der Waals surface area contributed by atoms with Gasteiger partial charge in [0.2, 0.25) is 6.10 Å². The zero-order chi connectivity index (χ0) is 23.6. The fourth-order valence-electron chi connectivity index (χ4n) is 4.77. The maximum atomic E-state index is 13.0. The maximum Gasteiger partial charge on any atom is 0.416 e. The van der Waals surface area contributed by atoms with Crippen LogP contribution in [0.2, 0.25) is 0 Å². The van der Waals surface area contributed by atoms with Crippen LogP contribution in [0.25, 0.3) is 0 Å². The van der Waals surface area contributed by atoms with Crippen molar-refractivity contribution in [1.29, 1.82) is 0 Å². The summed E-state index contributed by atoms with van der Waals surface area (Å²) in [6.45, 7) is 0. The molecule has 2 aromatic rings. The number of esters is 1. The van der Waals surface area contributed by atoms with E-state index in [9.17, 15) is 27.6 Å². The molecule has 33 heavy (non-hydrogen) atoms. The molecule has 2 aromatic carbocycles. The molecule has 1 N–H and O–H groups in total. The fraction of sp³-hybridized carbons (Fsp3) is 0.400. The second-order valence-corrected chi connectivity index (χ2v) is 8.69. The highest BCUT2D eigenvalue weighted by atomic mass is 19.4. The van der Waals surface area contributed by atoms with Gasteiger partial charge in [0.05, 0.1) is 11.5 Å². The van der Waals surface area contributed by atoms with Gasteiger partial charge < -0.3 is 10.1 Å². The highest BCUT2D eigenvalue weighted by Gasteiger charge is 2.43. The van der Waals surface area contributed by atoms with Gasteiger partial charge in [0.15, 0.2) is 0 Å². The van der Waals surface area contributed by atoms with E-state index in [0.29, 0.717) is 18.4 Å². The summed E-state index contributed by atoms with van der Waals surface area (Å²) >= 11 is 0. The average molecular weight is 459 g/mol. The Hall–Kier alpha value is -3.16. The van der Waals surface area contributed by atoms with E-state index < -0.39 is 35.6 Å². The number of fused-ring (bicyclic) bond motifs is 2. The van der Waals surface area contributed by atoms with Crippen molar-refractivity contribution in [3.63, 3.8) is 0 Å². The summed E-state index contributed by atoms with van der Waals surface area (Å²) in [6.07, 6.45) is -2.58. The van der Waals surface area contributed by atoms with Gasteiger partial charge in [0, 0.05) is 23.1 Å². The molecule has 2 saturated carbocycles. The van der Waals surface area contributed by atoms with Crippen LogP contribution in [-0.2, 0) is 25.3 Å². The second-order valence-electron chi connectivity index (χ2n) is 8.69. The van der Waals surface area contributed by atoms with Crippen LogP contribution in [0.5, 0.6) is 0 Å². The highest BCUT2D eigenvalue weighted by molar-refractivity contribution is 5.96. The first kappa shape index (κ1) is 23.0. The predicted octanol–water partition coefficient (Wildman–Crippen LogP) is 5.32. The van der Waals surface area contributed by atoms with Crippen LogP contribution in [0.3, 0.4) is 0 Å². The molecule has 2 aliphatic carbocycles. The normalized spacial score (nSPS) is 23.5. The lowest BCUT2D eigenvalue weighted by molar-refractivity contribution is -0.162. The number of anilines is 1. The van der Waals surface area contributed by atoms with Gasteiger partial charge in [-0.2, -0.15) is 13.2 Å². The largest absolute Gasteiger partial charge is 0.447 e. The number of benzene rings is 2. The van der Waals surface area contributed by atoms with E-state index >= 15 is 0 Å². The number of rotatable bonds is 5. The van der Waals surface area contributed by atoms with E-state index in [1.807, 2.05) is 0 Å². The quantitative estimate of drug-likeness (QED) is 0.614. The van der Waals surface area contributed by atoms with Crippen LogP contribution in [0, 0.1) is 17.8 Å². The van der Waals surface area contributed by atoms with Gasteiger partial charge in [0.1, 0.15) is 5.78 Å². The molecule has 0 unspecified atom stereocenters. The molecule has 0 spiro atoms. The number of hydrogen-bond acceptors (Lipinski definition) is 4. The number of ketones is 1. The lowest BCUT2D eigenvalue weighted by atomic mass is 9.67. The molecule has 2 fully saturated rings. The predicted molar refractivity (Wildman–Crippen MR) is 114 cm³/mol. The van der Waals surface area contributed by atoms with Crippen LogP contribution in [0.15, 0.2) is 54.6 Å². The van der Waals surface area contributed by atoms with Crippen LogP contribution in [0.1, 0.15) is 49.3 Å². The standard InChI is InChI=1S/C25H24F3NO4/c26-25(27,28)19-10-5-11-20(14-19)29-23(31)22(15-6-2-1-3-7-15)33-24(32)18-12-16-8-4-9-17(13-18)21(16)30/h1-3,5-7,10-11,14,16-18,22H,4,8-9,12-13H2,(H,29,31)/t16-,17-,22-/m0/s1. The van der Waals surface area contributed by atoms with Crippen molar-refractivity contribution in [3.05, 3.63) is 65.7 Å². The molecule has 0 radical (unpaired) electrons. The van der Waals surface area contributed by atoms with Crippen molar-refractivity contribution < 1.29 is 32.3 Å². The minimum atomic E-state index is -4.55. The monoisotopic (exact) mass is 459 g/mol. The summed E-state index contributed by atoms with van der Waals surface area (Å²) < 4.78 is 44.7. The summed E-state index contributed by atoms with van der Waals surface area (Å²) in [5, 5.41) is 2.44. The number of carbonyl (C=O) groups is 3. The van der Waals surface area contributed by atoms with Gasteiger partial charge in [0.25, 0.3) is 5.91 Å². The Kier molecular flexibility index (Phi) is 6.54. The first-order chi connectivity index (χ1) is 15.7. The molecule has 8 heteroatoms. The smallest absolute Gasteiger partial charge is 0.416 e. The maximum absolute atomic E-state index is 13.0. The SMILES string of the molecule is O=C(O[C@H](C(=O)Nc1cccc(C(F)(F)F)c1)c1ccccc1)C1C[C@@H]2CCC[C@@H](C1)C2=O. The Balaban J connectivity index is 1.52. The molecule has 1 amide bonds. The molecule has 0 aliphatic heterocycles. The molecule has 0 saturated heterocycles. The van der Waals surface area contributed by atoms with Crippen LogP contribution >= 0.6 is 0 Å². The summed E-state index contributed by atoms with van der Waals surface area (Å²) in [4.78, 5) is 38.3. The van der Waals surface area contributed by atoms with Gasteiger partial charge >= 0.3 is 12.1 Å². The third kappa shape index (κ3) is 5.26. The van der Waals surface area contributed by atoms with Gasteiger partial charge in [-0.1, -0.05) is 42.8 Å². The average Bonchev–Trinajstić information content (AvgIpc) is 2.77. The van der Waals surface area contributed by atoms with Crippen molar-refractivity contribution >= 4 is 23.3 Å². The molecular formula is C25H24F3NO4. The van der Waals surface area contributed by atoms with E-state index in [4.69, 9.17) is 4.74 Å². The second kappa shape index (κ2) is 9.37. The molecule has 4 rings (SSSR count). The van der Waals surface area contributed by atoms with Gasteiger partial charge in [-0.05, 0) is 43.9 Å². The first-order valence-electron chi connectivity index (χ1n) is 11.0. The lowest BCUT2D eigenvalue weighted by Crippen LogP contribution is -2.40. The number of hydrogen-bond donors (Lipinski definition) is 1. The Morgan fingerprint density at radius 1 is 0.970 bits per heavy atom.